The van der Waals surface area contributed by atoms with Crippen molar-refractivity contribution in [2.45, 2.75) is 44.4 Å². The molecule has 1 radical (unpaired) electrons. The fourth-order valence-corrected chi connectivity index (χ4v) is 5.86. The highest BCUT2D eigenvalue weighted by atomic mass is 32.2. The molecule has 2 aromatic carbocycles. The molecule has 1 aromatic heterocycles. The second kappa shape index (κ2) is 10.5. The van der Waals surface area contributed by atoms with Gasteiger partial charge in [0.1, 0.15) is 11.5 Å². The fraction of sp³-hybridized carbons (Fsp3) is 0.385. The summed E-state index contributed by atoms with van der Waals surface area (Å²) in [5.74, 6) is -0.402. The van der Waals surface area contributed by atoms with Gasteiger partial charge in [0.15, 0.2) is 5.82 Å². The van der Waals surface area contributed by atoms with Crippen LogP contribution in [-0.4, -0.2) is 63.2 Å². The van der Waals surface area contributed by atoms with Gasteiger partial charge in [-0.3, -0.25) is 9.36 Å². The van der Waals surface area contributed by atoms with Crippen LogP contribution in [0.2, 0.25) is 0 Å². The second-order valence-electron chi connectivity index (χ2n) is 9.47. The summed E-state index contributed by atoms with van der Waals surface area (Å²) in [6.45, 7) is 10.8. The van der Waals surface area contributed by atoms with Crippen LogP contribution in [0.3, 0.4) is 0 Å². The van der Waals surface area contributed by atoms with Crippen LogP contribution in [0.5, 0.6) is 11.5 Å². The first kappa shape index (κ1) is 26.6. The lowest BCUT2D eigenvalue weighted by Crippen LogP contribution is -2.37. The molecular weight excluding hydrogens is 494 g/mol. The van der Waals surface area contributed by atoms with Crippen LogP contribution in [-0.2, 0) is 10.0 Å². The molecule has 0 spiro atoms. The molecule has 2 heterocycles. The van der Waals surface area contributed by atoms with E-state index in [2.05, 4.69) is 22.4 Å². The molecule has 0 aliphatic carbocycles. The Labute approximate surface area is 217 Å². The molecule has 3 aromatic rings. The van der Waals surface area contributed by atoms with Crippen molar-refractivity contribution < 1.29 is 23.4 Å². The van der Waals surface area contributed by atoms with Crippen molar-refractivity contribution in [2.75, 3.05) is 19.6 Å². The van der Waals surface area contributed by atoms with Gasteiger partial charge in [-0.25, -0.2) is 8.42 Å². The Balaban J connectivity index is 1.80. The zero-order valence-corrected chi connectivity index (χ0v) is 22.0. The summed E-state index contributed by atoms with van der Waals surface area (Å²) < 4.78 is 29.3. The summed E-state index contributed by atoms with van der Waals surface area (Å²) in [5, 5.41) is 31.9. The monoisotopic (exact) mass is 526 g/mol. The topological polar surface area (TPSA) is 138 Å². The number of amides is 1. The maximum absolute atomic E-state index is 13.2. The van der Waals surface area contributed by atoms with Crippen LogP contribution in [0.4, 0.5) is 0 Å². The number of nitrogens with one attached hydrogen (secondary N) is 1. The minimum Gasteiger partial charge on any atom is -0.508 e. The van der Waals surface area contributed by atoms with E-state index in [1.54, 1.807) is 25.1 Å². The van der Waals surface area contributed by atoms with Gasteiger partial charge in [-0.05, 0) is 67.5 Å². The van der Waals surface area contributed by atoms with Crippen LogP contribution in [0.1, 0.15) is 55.7 Å². The maximum atomic E-state index is 13.2. The van der Waals surface area contributed by atoms with Crippen LogP contribution in [0.25, 0.3) is 17.1 Å². The lowest BCUT2D eigenvalue weighted by atomic mass is 9.98. The van der Waals surface area contributed by atoms with Gasteiger partial charge < -0.3 is 15.5 Å². The molecule has 37 heavy (non-hydrogen) atoms. The van der Waals surface area contributed by atoms with Crippen LogP contribution in [0, 0.1) is 12.8 Å². The Kier molecular flexibility index (Phi) is 7.56. The number of carbonyl (C=O) groups excluding carboxylic acids is 1. The number of carbonyl (C=O) groups is 1. The van der Waals surface area contributed by atoms with E-state index in [1.165, 1.54) is 27.1 Å². The molecular formula is C26H32N5O5S. The largest absolute Gasteiger partial charge is 0.508 e. The van der Waals surface area contributed by atoms with Crippen LogP contribution in [0.15, 0.2) is 41.3 Å². The van der Waals surface area contributed by atoms with Crippen molar-refractivity contribution in [3.8, 4) is 28.6 Å². The lowest BCUT2D eigenvalue weighted by molar-refractivity contribution is 0.0943. The summed E-state index contributed by atoms with van der Waals surface area (Å²) in [5.41, 5.74) is 1.31. The Morgan fingerprint density at radius 1 is 1.11 bits per heavy atom. The predicted molar refractivity (Wildman–Crippen MR) is 139 cm³/mol. The summed E-state index contributed by atoms with van der Waals surface area (Å²) in [7, 11) is -3.68. The number of phenolic OH excluding ortho intramolecular Hbond substituents is 2. The molecule has 1 aliphatic heterocycles. The van der Waals surface area contributed by atoms with Crippen molar-refractivity contribution in [2.24, 2.45) is 5.92 Å². The third-order valence-corrected chi connectivity index (χ3v) is 8.43. The normalized spacial score (nSPS) is 15.3. The number of hydrogen-bond donors (Lipinski definition) is 3. The molecule has 1 amide bonds. The van der Waals surface area contributed by atoms with Gasteiger partial charge in [0.05, 0.1) is 10.5 Å². The van der Waals surface area contributed by atoms with Gasteiger partial charge in [0.25, 0.3) is 5.91 Å². The molecule has 1 saturated heterocycles. The van der Waals surface area contributed by atoms with Crippen molar-refractivity contribution >= 4 is 15.9 Å². The first-order valence-corrected chi connectivity index (χ1v) is 13.7. The summed E-state index contributed by atoms with van der Waals surface area (Å²) in [6, 6.07) is 8.99. The number of aromatic nitrogens is 3. The Morgan fingerprint density at radius 2 is 1.76 bits per heavy atom. The number of hydrogen-bond acceptors (Lipinski definition) is 7. The number of sulfonamides is 1. The zero-order chi connectivity index (χ0) is 26.9. The van der Waals surface area contributed by atoms with Gasteiger partial charge >= 0.3 is 0 Å². The van der Waals surface area contributed by atoms with E-state index in [-0.39, 0.29) is 45.4 Å². The third kappa shape index (κ3) is 5.19. The van der Waals surface area contributed by atoms with Gasteiger partial charge in [-0.2, -0.15) is 4.31 Å². The highest BCUT2D eigenvalue weighted by Gasteiger charge is 2.29. The minimum absolute atomic E-state index is 0.0245. The Bertz CT molecular complexity index is 1390. The molecule has 1 aliphatic rings. The summed E-state index contributed by atoms with van der Waals surface area (Å²) in [6.07, 6.45) is 1.43. The number of rotatable bonds is 7. The molecule has 197 valence electrons. The third-order valence-electron chi connectivity index (χ3n) is 6.52. The zero-order valence-electron chi connectivity index (χ0n) is 21.2. The number of aromatic hydroxyl groups is 2. The maximum Gasteiger partial charge on any atom is 0.289 e. The first-order chi connectivity index (χ1) is 17.5. The quantitative estimate of drug-likeness (QED) is 0.429. The van der Waals surface area contributed by atoms with Gasteiger partial charge in [0, 0.05) is 31.4 Å². The fourth-order valence-electron chi connectivity index (χ4n) is 4.39. The lowest BCUT2D eigenvalue weighted by Gasteiger charge is -2.29. The molecule has 10 nitrogen and oxygen atoms in total. The number of nitrogens with zero attached hydrogens (tertiary/aromatic N) is 4. The van der Waals surface area contributed by atoms with E-state index in [0.717, 1.165) is 0 Å². The molecule has 0 bridgehead atoms. The molecule has 0 saturated carbocycles. The van der Waals surface area contributed by atoms with E-state index in [1.807, 2.05) is 13.8 Å². The molecule has 1 fully saturated rings. The molecule has 0 atom stereocenters. The van der Waals surface area contributed by atoms with Crippen molar-refractivity contribution in [1.82, 2.24) is 24.4 Å². The Hall–Kier alpha value is -3.44. The summed E-state index contributed by atoms with van der Waals surface area (Å²) in [4.78, 5) is 13.0. The predicted octanol–water partition coefficient (Wildman–Crippen LogP) is 3.45. The Morgan fingerprint density at radius 3 is 2.35 bits per heavy atom. The number of piperidine rings is 1. The standard InChI is InChI=1S/C26H32N5O5S/c1-5-27-26(34)25-29-28-24(21-14-20(16(2)3)22(32)15-23(21)33)31(25)18-6-8-19(9-7-18)37(35,36)30-12-10-17(4)11-13-30/h6-9,14-17,32-33H,4-5,10-13H2,1-3H3,(H,27,34). The average molecular weight is 527 g/mol. The van der Waals surface area contributed by atoms with E-state index in [9.17, 15) is 23.4 Å². The smallest absolute Gasteiger partial charge is 0.289 e. The van der Waals surface area contributed by atoms with Crippen LogP contribution >= 0.6 is 0 Å². The molecule has 11 heteroatoms. The SMILES string of the molecule is [CH2]C1CCN(S(=O)(=O)c2ccc(-n3c(C(=O)NCC)nnc3-c3cc(C(C)C)c(O)cc3O)cc2)CC1. The summed E-state index contributed by atoms with van der Waals surface area (Å²) >= 11 is 0. The van der Waals surface area contributed by atoms with E-state index < -0.39 is 15.9 Å². The number of benzene rings is 2. The van der Waals surface area contributed by atoms with Crippen LogP contribution < -0.4 is 5.32 Å². The van der Waals surface area contributed by atoms with Gasteiger partial charge in [0.2, 0.25) is 15.8 Å². The molecule has 0 unspecified atom stereocenters. The van der Waals surface area contributed by atoms with Crippen molar-refractivity contribution in [3.05, 3.63) is 54.7 Å². The molecule has 4 rings (SSSR count). The average Bonchev–Trinajstić information content (AvgIpc) is 3.29. The van der Waals surface area contributed by atoms with E-state index >= 15 is 0 Å². The van der Waals surface area contributed by atoms with E-state index in [4.69, 9.17) is 0 Å². The number of phenols is 2. The van der Waals surface area contributed by atoms with Crippen molar-refractivity contribution in [3.63, 3.8) is 0 Å². The second-order valence-corrected chi connectivity index (χ2v) is 11.4. The van der Waals surface area contributed by atoms with Gasteiger partial charge in [-0.15, -0.1) is 10.2 Å². The van der Waals surface area contributed by atoms with Crippen molar-refractivity contribution in [1.29, 1.82) is 0 Å². The van der Waals surface area contributed by atoms with E-state index in [0.29, 0.717) is 43.7 Å². The highest BCUT2D eigenvalue weighted by molar-refractivity contribution is 7.89. The van der Waals surface area contributed by atoms with Gasteiger partial charge in [-0.1, -0.05) is 20.8 Å². The first-order valence-electron chi connectivity index (χ1n) is 12.3. The minimum atomic E-state index is -3.68. The highest BCUT2D eigenvalue weighted by Crippen LogP contribution is 2.38. The molecule has 3 N–H and O–H groups in total.